The van der Waals surface area contributed by atoms with Gasteiger partial charge in [-0.2, -0.15) is 0 Å². The number of hydrogen-bond donors (Lipinski definition) is 0. The standard InChI is InChI=1S/C10H10ClFO/c11-8-5-2-6-9(12)10(8)13-7-3-1-4-7/h2,5-7H,1,3-4H2. The third-order valence-corrected chi connectivity index (χ3v) is 2.55. The fourth-order valence-electron chi connectivity index (χ4n) is 1.25. The Labute approximate surface area is 81.5 Å². The van der Waals surface area contributed by atoms with Crippen molar-refractivity contribution in [2.24, 2.45) is 0 Å². The predicted octanol–water partition coefficient (Wildman–Crippen LogP) is 3.41. The van der Waals surface area contributed by atoms with Gasteiger partial charge in [-0.05, 0) is 31.4 Å². The summed E-state index contributed by atoms with van der Waals surface area (Å²) in [6.45, 7) is 0. The van der Waals surface area contributed by atoms with Crippen molar-refractivity contribution in [1.82, 2.24) is 0 Å². The van der Waals surface area contributed by atoms with Crippen molar-refractivity contribution >= 4 is 11.6 Å². The van der Waals surface area contributed by atoms with Crippen LogP contribution in [0, 0.1) is 5.82 Å². The molecule has 0 aliphatic heterocycles. The summed E-state index contributed by atoms with van der Waals surface area (Å²) in [6, 6.07) is 4.57. The minimum absolute atomic E-state index is 0.161. The molecule has 1 aromatic carbocycles. The normalized spacial score (nSPS) is 16.8. The lowest BCUT2D eigenvalue weighted by atomic mass is 9.96. The second-order valence-electron chi connectivity index (χ2n) is 3.22. The SMILES string of the molecule is Fc1cccc(Cl)c1OC1CCC1. The van der Waals surface area contributed by atoms with Crippen molar-refractivity contribution in [2.45, 2.75) is 25.4 Å². The van der Waals surface area contributed by atoms with E-state index in [1.54, 1.807) is 12.1 Å². The van der Waals surface area contributed by atoms with Gasteiger partial charge in [-0.1, -0.05) is 17.7 Å². The van der Waals surface area contributed by atoms with E-state index >= 15 is 0 Å². The Bertz CT molecular complexity index is 290. The van der Waals surface area contributed by atoms with Gasteiger partial charge >= 0.3 is 0 Å². The summed E-state index contributed by atoms with van der Waals surface area (Å²) in [5, 5.41) is 0.354. The van der Waals surface area contributed by atoms with Gasteiger partial charge in [-0.15, -0.1) is 0 Å². The lowest BCUT2D eigenvalue weighted by Crippen LogP contribution is -2.25. The second-order valence-corrected chi connectivity index (χ2v) is 3.63. The largest absolute Gasteiger partial charge is 0.486 e. The average molecular weight is 201 g/mol. The number of halogens is 2. The molecule has 1 aliphatic carbocycles. The van der Waals surface area contributed by atoms with E-state index in [4.69, 9.17) is 16.3 Å². The van der Waals surface area contributed by atoms with Crippen LogP contribution in [0.1, 0.15) is 19.3 Å². The van der Waals surface area contributed by atoms with Gasteiger partial charge in [0.05, 0.1) is 11.1 Å². The summed E-state index contributed by atoms with van der Waals surface area (Å²) < 4.78 is 18.6. The monoisotopic (exact) mass is 200 g/mol. The number of para-hydroxylation sites is 1. The molecule has 1 aliphatic rings. The van der Waals surface area contributed by atoms with Gasteiger partial charge < -0.3 is 4.74 Å². The van der Waals surface area contributed by atoms with Crippen molar-refractivity contribution in [3.63, 3.8) is 0 Å². The van der Waals surface area contributed by atoms with E-state index in [0.717, 1.165) is 19.3 Å². The van der Waals surface area contributed by atoms with Gasteiger partial charge in [-0.25, -0.2) is 4.39 Å². The third-order valence-electron chi connectivity index (χ3n) is 2.26. The van der Waals surface area contributed by atoms with Crippen molar-refractivity contribution < 1.29 is 9.13 Å². The minimum Gasteiger partial charge on any atom is -0.486 e. The maximum atomic E-state index is 13.2. The van der Waals surface area contributed by atoms with Gasteiger partial charge in [0.2, 0.25) is 0 Å². The summed E-state index contributed by atoms with van der Waals surface area (Å²) in [5.74, 6) is -0.173. The van der Waals surface area contributed by atoms with Gasteiger partial charge in [0.1, 0.15) is 0 Å². The molecule has 2 rings (SSSR count). The first-order valence-electron chi connectivity index (χ1n) is 4.38. The van der Waals surface area contributed by atoms with Crippen LogP contribution < -0.4 is 4.74 Å². The van der Waals surface area contributed by atoms with Crippen molar-refractivity contribution in [2.75, 3.05) is 0 Å². The molecule has 1 saturated carbocycles. The van der Waals surface area contributed by atoms with E-state index in [-0.39, 0.29) is 17.7 Å². The van der Waals surface area contributed by atoms with Crippen LogP contribution in [0.2, 0.25) is 5.02 Å². The quantitative estimate of drug-likeness (QED) is 0.711. The summed E-state index contributed by atoms with van der Waals surface area (Å²) in [5.41, 5.74) is 0. The summed E-state index contributed by atoms with van der Waals surface area (Å²) in [7, 11) is 0. The molecule has 0 bridgehead atoms. The molecule has 70 valence electrons. The molecule has 0 radical (unpaired) electrons. The van der Waals surface area contributed by atoms with E-state index < -0.39 is 0 Å². The van der Waals surface area contributed by atoms with Gasteiger partial charge in [0.25, 0.3) is 0 Å². The third kappa shape index (κ3) is 1.78. The van der Waals surface area contributed by atoms with Crippen LogP contribution >= 0.6 is 11.6 Å². The fraction of sp³-hybridized carbons (Fsp3) is 0.400. The van der Waals surface area contributed by atoms with Crippen molar-refractivity contribution in [3.8, 4) is 5.75 Å². The zero-order chi connectivity index (χ0) is 9.26. The molecule has 0 N–H and O–H groups in total. The maximum absolute atomic E-state index is 13.2. The van der Waals surface area contributed by atoms with E-state index in [1.807, 2.05) is 0 Å². The highest BCUT2D eigenvalue weighted by molar-refractivity contribution is 6.32. The van der Waals surface area contributed by atoms with Crippen molar-refractivity contribution in [1.29, 1.82) is 0 Å². The van der Waals surface area contributed by atoms with Crippen LogP contribution in [0.5, 0.6) is 5.75 Å². The molecule has 13 heavy (non-hydrogen) atoms. The zero-order valence-electron chi connectivity index (χ0n) is 7.09. The Kier molecular flexibility index (Phi) is 2.40. The Morgan fingerprint density at radius 2 is 2.15 bits per heavy atom. The Hall–Kier alpha value is -0.760. The first-order valence-corrected chi connectivity index (χ1v) is 4.76. The lowest BCUT2D eigenvalue weighted by Gasteiger charge is -2.26. The van der Waals surface area contributed by atoms with Gasteiger partial charge in [0.15, 0.2) is 11.6 Å². The topological polar surface area (TPSA) is 9.23 Å². The Balaban J connectivity index is 2.17. The highest BCUT2D eigenvalue weighted by atomic mass is 35.5. The van der Waals surface area contributed by atoms with Crippen LogP contribution in [0.3, 0.4) is 0 Å². The molecule has 1 aromatic rings. The highest BCUT2D eigenvalue weighted by Gasteiger charge is 2.21. The molecule has 0 atom stereocenters. The minimum atomic E-state index is -0.376. The van der Waals surface area contributed by atoms with Crippen LogP contribution in [0.15, 0.2) is 18.2 Å². The molecule has 0 saturated heterocycles. The Morgan fingerprint density at radius 3 is 2.69 bits per heavy atom. The highest BCUT2D eigenvalue weighted by Crippen LogP contribution is 2.32. The molecular formula is C10H10ClFO. The predicted molar refractivity (Wildman–Crippen MR) is 49.7 cm³/mol. The van der Waals surface area contributed by atoms with Crippen LogP contribution in [-0.4, -0.2) is 6.10 Å². The second kappa shape index (κ2) is 3.54. The van der Waals surface area contributed by atoms with E-state index in [1.165, 1.54) is 6.07 Å². The molecule has 1 nitrogen and oxygen atoms in total. The fourth-order valence-corrected chi connectivity index (χ4v) is 1.46. The van der Waals surface area contributed by atoms with Gasteiger partial charge in [-0.3, -0.25) is 0 Å². The number of benzene rings is 1. The summed E-state index contributed by atoms with van der Waals surface area (Å²) in [6.07, 6.45) is 3.33. The van der Waals surface area contributed by atoms with E-state index in [9.17, 15) is 4.39 Å². The molecule has 0 aromatic heterocycles. The van der Waals surface area contributed by atoms with E-state index in [2.05, 4.69) is 0 Å². The molecule has 1 fully saturated rings. The molecule has 0 unspecified atom stereocenters. The molecule has 3 heteroatoms. The molecule has 0 heterocycles. The number of rotatable bonds is 2. The first-order chi connectivity index (χ1) is 6.27. The zero-order valence-corrected chi connectivity index (χ0v) is 7.85. The average Bonchev–Trinajstić information content (AvgIpc) is 2.00. The number of hydrogen-bond acceptors (Lipinski definition) is 1. The maximum Gasteiger partial charge on any atom is 0.173 e. The summed E-state index contributed by atoms with van der Waals surface area (Å²) >= 11 is 5.79. The molecule has 0 spiro atoms. The lowest BCUT2D eigenvalue weighted by molar-refractivity contribution is 0.115. The first kappa shape index (κ1) is 8.82. The van der Waals surface area contributed by atoms with Crippen molar-refractivity contribution in [3.05, 3.63) is 29.0 Å². The summed E-state index contributed by atoms with van der Waals surface area (Å²) in [4.78, 5) is 0. The van der Waals surface area contributed by atoms with Gasteiger partial charge in [0, 0.05) is 0 Å². The van der Waals surface area contributed by atoms with Crippen LogP contribution in [-0.2, 0) is 0 Å². The molecule has 0 amide bonds. The number of ether oxygens (including phenoxy) is 1. The smallest absolute Gasteiger partial charge is 0.173 e. The van der Waals surface area contributed by atoms with E-state index in [0.29, 0.717) is 5.02 Å². The Morgan fingerprint density at radius 1 is 1.38 bits per heavy atom. The molecular weight excluding hydrogens is 191 g/mol. The van der Waals surface area contributed by atoms with Crippen LogP contribution in [0.25, 0.3) is 0 Å². The van der Waals surface area contributed by atoms with Crippen LogP contribution in [0.4, 0.5) is 4.39 Å².